The van der Waals surface area contributed by atoms with Crippen molar-refractivity contribution in [2.75, 3.05) is 5.32 Å². The molecule has 1 aromatic heterocycles. The van der Waals surface area contributed by atoms with Gasteiger partial charge in [0.05, 0.1) is 5.69 Å². The number of anilines is 1. The van der Waals surface area contributed by atoms with Crippen molar-refractivity contribution in [2.24, 2.45) is 5.92 Å². The number of amides is 1. The van der Waals surface area contributed by atoms with Gasteiger partial charge >= 0.3 is 0 Å². The van der Waals surface area contributed by atoms with E-state index in [1.54, 1.807) is 0 Å². The molecule has 1 atom stereocenters. The van der Waals surface area contributed by atoms with Gasteiger partial charge in [0.1, 0.15) is 0 Å². The molecule has 0 aliphatic heterocycles. The maximum Gasteiger partial charge on any atom is 0.223 e. The summed E-state index contributed by atoms with van der Waals surface area (Å²) >= 11 is 1.46. The van der Waals surface area contributed by atoms with E-state index in [2.05, 4.69) is 60.7 Å². The topological polar surface area (TPSA) is 54.0 Å². The molecule has 0 aliphatic carbocycles. The molecule has 2 N–H and O–H groups in total. The third-order valence-electron chi connectivity index (χ3n) is 3.88. The first-order valence-corrected chi connectivity index (χ1v) is 9.41. The van der Waals surface area contributed by atoms with Crippen LogP contribution in [0.2, 0.25) is 0 Å². The highest BCUT2D eigenvalue weighted by Gasteiger charge is 2.16. The average Bonchev–Trinajstić information content (AvgIpc) is 2.95. The van der Waals surface area contributed by atoms with Gasteiger partial charge in [0.15, 0.2) is 5.13 Å². The molecule has 0 saturated carbocycles. The van der Waals surface area contributed by atoms with Crippen molar-refractivity contribution in [3.8, 4) is 0 Å². The van der Waals surface area contributed by atoms with Crippen LogP contribution in [0.15, 0.2) is 29.6 Å². The lowest BCUT2D eigenvalue weighted by Crippen LogP contribution is -2.25. The molecule has 0 aliphatic rings. The molecule has 4 nitrogen and oxygen atoms in total. The monoisotopic (exact) mass is 345 g/mol. The van der Waals surface area contributed by atoms with Gasteiger partial charge in [-0.1, -0.05) is 51.5 Å². The number of carbonyl (C=O) groups excluding carboxylic acids is 1. The molecule has 24 heavy (non-hydrogen) atoms. The lowest BCUT2D eigenvalue weighted by atomic mass is 9.94. The molecule has 1 aromatic carbocycles. The standard InChI is InChI=1S/C19H27N3OS/c1-5-6-15-7-9-16(10-8-15)18(13(2)3)20-11-17-12-24-19(22-17)21-14(4)23/h7-10,12-13,18,20H,5-6,11H2,1-4H3,(H,21,22,23)/t18-/m0/s1. The number of nitrogens with one attached hydrogen (secondary N) is 2. The minimum absolute atomic E-state index is 0.0870. The van der Waals surface area contributed by atoms with E-state index in [9.17, 15) is 4.79 Å². The first-order valence-electron chi connectivity index (χ1n) is 8.53. The average molecular weight is 346 g/mol. The Morgan fingerprint density at radius 1 is 1.25 bits per heavy atom. The Balaban J connectivity index is 2.00. The molecule has 2 rings (SSSR count). The molecule has 0 fully saturated rings. The summed E-state index contributed by atoms with van der Waals surface area (Å²) < 4.78 is 0. The Kier molecular flexibility index (Phi) is 6.94. The number of aromatic nitrogens is 1. The summed E-state index contributed by atoms with van der Waals surface area (Å²) in [7, 11) is 0. The van der Waals surface area contributed by atoms with E-state index < -0.39 is 0 Å². The molecule has 130 valence electrons. The number of hydrogen-bond donors (Lipinski definition) is 2. The smallest absolute Gasteiger partial charge is 0.223 e. The van der Waals surface area contributed by atoms with E-state index >= 15 is 0 Å². The highest BCUT2D eigenvalue weighted by atomic mass is 32.1. The van der Waals surface area contributed by atoms with Gasteiger partial charge in [-0.15, -0.1) is 11.3 Å². The Morgan fingerprint density at radius 3 is 2.54 bits per heavy atom. The van der Waals surface area contributed by atoms with Gasteiger partial charge in [-0.25, -0.2) is 4.98 Å². The lowest BCUT2D eigenvalue weighted by Gasteiger charge is -2.23. The quantitative estimate of drug-likeness (QED) is 0.738. The largest absolute Gasteiger partial charge is 0.304 e. The fraction of sp³-hybridized carbons (Fsp3) is 0.474. The number of thiazole rings is 1. The van der Waals surface area contributed by atoms with E-state index in [0.29, 0.717) is 17.6 Å². The molecule has 0 saturated heterocycles. The highest BCUT2D eigenvalue weighted by Crippen LogP contribution is 2.23. The van der Waals surface area contributed by atoms with Gasteiger partial charge in [0, 0.05) is 24.9 Å². The lowest BCUT2D eigenvalue weighted by molar-refractivity contribution is -0.114. The summed E-state index contributed by atoms with van der Waals surface area (Å²) in [6.45, 7) is 8.84. The van der Waals surface area contributed by atoms with Gasteiger partial charge in [0.2, 0.25) is 5.91 Å². The summed E-state index contributed by atoms with van der Waals surface area (Å²) in [5.74, 6) is 0.395. The number of carbonyl (C=O) groups is 1. The normalized spacial score (nSPS) is 12.4. The summed E-state index contributed by atoms with van der Waals surface area (Å²) in [5.41, 5.74) is 3.65. The van der Waals surface area contributed by atoms with Crippen LogP contribution in [0.25, 0.3) is 0 Å². The summed E-state index contributed by atoms with van der Waals surface area (Å²) in [4.78, 5) is 15.5. The van der Waals surface area contributed by atoms with Crippen LogP contribution in [-0.4, -0.2) is 10.9 Å². The Bertz CT molecular complexity index is 649. The fourth-order valence-electron chi connectivity index (χ4n) is 2.73. The van der Waals surface area contributed by atoms with Crippen LogP contribution in [0.5, 0.6) is 0 Å². The van der Waals surface area contributed by atoms with Crippen molar-refractivity contribution in [3.63, 3.8) is 0 Å². The molecule has 5 heteroatoms. The molecule has 0 spiro atoms. The fourth-order valence-corrected chi connectivity index (χ4v) is 3.49. The van der Waals surface area contributed by atoms with Crippen LogP contribution in [0, 0.1) is 5.92 Å². The first kappa shape index (κ1) is 18.6. The zero-order chi connectivity index (χ0) is 17.5. The number of benzene rings is 1. The van der Waals surface area contributed by atoms with Crippen LogP contribution >= 0.6 is 11.3 Å². The summed E-state index contributed by atoms with van der Waals surface area (Å²) in [6, 6.07) is 9.20. The molecular weight excluding hydrogens is 318 g/mol. The van der Waals surface area contributed by atoms with E-state index in [-0.39, 0.29) is 11.9 Å². The van der Waals surface area contributed by atoms with Gasteiger partial charge in [-0.3, -0.25) is 4.79 Å². The third-order valence-corrected chi connectivity index (χ3v) is 4.69. The maximum absolute atomic E-state index is 11.1. The second-order valence-electron chi connectivity index (χ2n) is 6.42. The third kappa shape index (κ3) is 5.42. The molecule has 0 unspecified atom stereocenters. The molecule has 2 aromatic rings. The number of nitrogens with zero attached hydrogens (tertiary/aromatic N) is 1. The van der Waals surface area contributed by atoms with Crippen LogP contribution in [0.4, 0.5) is 5.13 Å². The van der Waals surface area contributed by atoms with Crippen LogP contribution < -0.4 is 10.6 Å². The SMILES string of the molecule is CCCc1ccc([C@@H](NCc2csc(NC(C)=O)n2)C(C)C)cc1. The van der Waals surface area contributed by atoms with E-state index in [0.717, 1.165) is 12.1 Å². The second kappa shape index (κ2) is 8.94. The molecule has 0 radical (unpaired) electrons. The summed E-state index contributed by atoms with van der Waals surface area (Å²) in [5, 5.41) is 8.97. The summed E-state index contributed by atoms with van der Waals surface area (Å²) in [6.07, 6.45) is 2.30. The molecular formula is C19H27N3OS. The van der Waals surface area contributed by atoms with Crippen molar-refractivity contribution >= 4 is 22.4 Å². The van der Waals surface area contributed by atoms with Crippen molar-refractivity contribution in [1.29, 1.82) is 0 Å². The first-order chi connectivity index (χ1) is 11.5. The Labute approximate surface area is 148 Å². The number of aryl methyl sites for hydroxylation is 1. The van der Waals surface area contributed by atoms with Crippen molar-refractivity contribution < 1.29 is 4.79 Å². The molecule has 0 bridgehead atoms. The zero-order valence-corrected chi connectivity index (χ0v) is 15.7. The Hall–Kier alpha value is -1.72. The minimum Gasteiger partial charge on any atom is -0.304 e. The highest BCUT2D eigenvalue weighted by molar-refractivity contribution is 7.13. The number of hydrogen-bond acceptors (Lipinski definition) is 4. The van der Waals surface area contributed by atoms with Crippen molar-refractivity contribution in [1.82, 2.24) is 10.3 Å². The predicted molar refractivity (Wildman–Crippen MR) is 101 cm³/mol. The second-order valence-corrected chi connectivity index (χ2v) is 7.28. The minimum atomic E-state index is -0.0870. The Morgan fingerprint density at radius 2 is 1.96 bits per heavy atom. The number of rotatable bonds is 8. The molecule has 1 amide bonds. The molecule has 1 heterocycles. The maximum atomic E-state index is 11.1. The van der Waals surface area contributed by atoms with E-state index in [1.165, 1.54) is 35.8 Å². The zero-order valence-electron chi connectivity index (χ0n) is 14.9. The van der Waals surface area contributed by atoms with Gasteiger partial charge in [-0.2, -0.15) is 0 Å². The van der Waals surface area contributed by atoms with Gasteiger partial charge in [0.25, 0.3) is 0 Å². The van der Waals surface area contributed by atoms with Crippen LogP contribution in [0.1, 0.15) is 57.0 Å². The van der Waals surface area contributed by atoms with Crippen molar-refractivity contribution in [2.45, 2.75) is 53.1 Å². The van der Waals surface area contributed by atoms with Crippen LogP contribution in [-0.2, 0) is 17.8 Å². The van der Waals surface area contributed by atoms with Gasteiger partial charge in [-0.05, 0) is 23.5 Å². The van der Waals surface area contributed by atoms with Gasteiger partial charge < -0.3 is 10.6 Å². The van der Waals surface area contributed by atoms with E-state index in [4.69, 9.17) is 0 Å². The predicted octanol–water partition coefficient (Wildman–Crippen LogP) is 4.54. The van der Waals surface area contributed by atoms with E-state index in [1.807, 2.05) is 5.38 Å². The van der Waals surface area contributed by atoms with Crippen molar-refractivity contribution in [3.05, 3.63) is 46.5 Å². The van der Waals surface area contributed by atoms with Crippen LogP contribution in [0.3, 0.4) is 0 Å².